The summed E-state index contributed by atoms with van der Waals surface area (Å²) in [5.41, 5.74) is 3.54. The van der Waals surface area contributed by atoms with Crippen LogP contribution in [0.3, 0.4) is 0 Å². The minimum Gasteiger partial charge on any atom is -0.480 e. The van der Waals surface area contributed by atoms with E-state index >= 15 is 0 Å². The molecule has 1 aromatic carbocycles. The first kappa shape index (κ1) is 13.2. The van der Waals surface area contributed by atoms with Crippen LogP contribution < -0.4 is 16.0 Å². The summed E-state index contributed by atoms with van der Waals surface area (Å²) in [6.07, 6.45) is 0.689. The molecule has 0 saturated heterocycles. The molecule has 2 aromatic rings. The summed E-state index contributed by atoms with van der Waals surface area (Å²) in [7, 11) is 0. The molecule has 2 heterocycles. The second kappa shape index (κ2) is 5.68. The molecule has 5 nitrogen and oxygen atoms in total. The molecule has 104 valence electrons. The van der Waals surface area contributed by atoms with Crippen molar-refractivity contribution in [1.82, 2.24) is 9.97 Å². The van der Waals surface area contributed by atoms with Crippen LogP contribution in [-0.2, 0) is 6.42 Å². The molecule has 1 aromatic heterocycles. The van der Waals surface area contributed by atoms with Gasteiger partial charge < -0.3 is 10.2 Å². The number of hydrogen-bond acceptors (Lipinski definition) is 6. The number of aryl methyl sites for hydroxylation is 1. The molecule has 1 atom stereocenters. The van der Waals surface area contributed by atoms with Crippen molar-refractivity contribution in [2.75, 3.05) is 11.2 Å². The van der Waals surface area contributed by atoms with Crippen molar-refractivity contribution in [1.29, 1.82) is 0 Å². The third-order valence-corrected chi connectivity index (χ3v) is 4.22. The van der Waals surface area contributed by atoms with Crippen molar-refractivity contribution in [3.63, 3.8) is 0 Å². The van der Waals surface area contributed by atoms with Gasteiger partial charge in [0.1, 0.15) is 11.6 Å². The maximum atomic E-state index is 6.00. The van der Waals surface area contributed by atoms with Gasteiger partial charge in [-0.1, -0.05) is 19.1 Å². The molecule has 0 bridgehead atoms. The normalized spacial score (nSPS) is 17.2. The number of rotatable bonds is 3. The van der Waals surface area contributed by atoms with E-state index in [1.165, 1.54) is 0 Å². The number of fused-ring (bicyclic) bond motifs is 1. The van der Waals surface area contributed by atoms with Crippen LogP contribution in [0.1, 0.15) is 24.5 Å². The lowest BCUT2D eigenvalue weighted by Gasteiger charge is -2.24. The number of nitrogens with two attached hydrogens (primary N) is 1. The summed E-state index contributed by atoms with van der Waals surface area (Å²) < 4.78 is 6.00. The van der Waals surface area contributed by atoms with Crippen molar-refractivity contribution in [2.24, 2.45) is 5.84 Å². The third kappa shape index (κ3) is 2.57. The molecular formula is C14H16N4OS. The van der Waals surface area contributed by atoms with E-state index in [0.29, 0.717) is 11.6 Å². The van der Waals surface area contributed by atoms with Gasteiger partial charge in [-0.25, -0.2) is 15.8 Å². The van der Waals surface area contributed by atoms with E-state index in [9.17, 15) is 0 Å². The number of anilines is 1. The Kier molecular flexibility index (Phi) is 3.75. The van der Waals surface area contributed by atoms with E-state index in [-0.39, 0.29) is 6.10 Å². The molecule has 1 aliphatic rings. The second-order valence-corrected chi connectivity index (χ2v) is 5.53. The van der Waals surface area contributed by atoms with Gasteiger partial charge in [-0.05, 0) is 18.6 Å². The van der Waals surface area contributed by atoms with Gasteiger partial charge in [0.05, 0.1) is 0 Å². The minimum absolute atomic E-state index is 0.145. The predicted octanol–water partition coefficient (Wildman–Crippen LogP) is 2.55. The van der Waals surface area contributed by atoms with Gasteiger partial charge in [-0.2, -0.15) is 0 Å². The van der Waals surface area contributed by atoms with Crippen LogP contribution in [0.5, 0.6) is 5.75 Å². The van der Waals surface area contributed by atoms with Gasteiger partial charge in [0.2, 0.25) is 0 Å². The number of nitrogens with zero attached hydrogens (tertiary/aromatic N) is 2. The quantitative estimate of drug-likeness (QED) is 0.668. The Morgan fingerprint density at radius 3 is 3.05 bits per heavy atom. The van der Waals surface area contributed by atoms with Crippen molar-refractivity contribution in [2.45, 2.75) is 24.3 Å². The standard InChI is InChI=1S/C14H16N4OS/c1-2-9-7-13(18-15)17-14(16-9)11-8-20-12-6-4-3-5-10(12)19-11/h3-7,11H,2,8,15H2,1H3,(H,16,17,18). The number of benzene rings is 1. The van der Waals surface area contributed by atoms with Gasteiger partial charge in [0, 0.05) is 22.4 Å². The van der Waals surface area contributed by atoms with Gasteiger partial charge in [0.15, 0.2) is 11.9 Å². The van der Waals surface area contributed by atoms with Crippen LogP contribution in [0.2, 0.25) is 0 Å². The Labute approximate surface area is 121 Å². The zero-order valence-corrected chi connectivity index (χ0v) is 12.0. The molecule has 1 aliphatic heterocycles. The van der Waals surface area contributed by atoms with Gasteiger partial charge in [0.25, 0.3) is 0 Å². The number of nitrogens with one attached hydrogen (secondary N) is 1. The van der Waals surface area contributed by atoms with Crippen molar-refractivity contribution >= 4 is 17.6 Å². The highest BCUT2D eigenvalue weighted by Gasteiger charge is 2.24. The molecule has 0 amide bonds. The highest BCUT2D eigenvalue weighted by molar-refractivity contribution is 7.99. The molecule has 0 spiro atoms. The first-order valence-corrected chi connectivity index (χ1v) is 7.51. The van der Waals surface area contributed by atoms with E-state index in [2.05, 4.69) is 28.4 Å². The van der Waals surface area contributed by atoms with E-state index in [1.807, 2.05) is 24.3 Å². The lowest BCUT2D eigenvalue weighted by molar-refractivity contribution is 0.210. The van der Waals surface area contributed by atoms with E-state index in [1.54, 1.807) is 11.8 Å². The maximum absolute atomic E-state index is 6.00. The summed E-state index contributed by atoms with van der Waals surface area (Å²) in [5, 5.41) is 0. The summed E-state index contributed by atoms with van der Waals surface area (Å²) in [6, 6.07) is 9.87. The van der Waals surface area contributed by atoms with Crippen molar-refractivity contribution in [3.8, 4) is 5.75 Å². The monoisotopic (exact) mass is 288 g/mol. The number of aromatic nitrogens is 2. The fourth-order valence-corrected chi connectivity index (χ4v) is 3.04. The van der Waals surface area contributed by atoms with Crippen LogP contribution in [-0.4, -0.2) is 15.7 Å². The Balaban J connectivity index is 1.91. The van der Waals surface area contributed by atoms with Crippen LogP contribution in [0.25, 0.3) is 0 Å². The SMILES string of the molecule is CCc1cc(NN)nc(C2CSc3ccccc3O2)n1. The summed E-state index contributed by atoms with van der Waals surface area (Å²) in [6.45, 7) is 2.05. The molecule has 3 rings (SSSR count). The molecule has 20 heavy (non-hydrogen) atoms. The molecule has 0 saturated carbocycles. The molecule has 0 fully saturated rings. The van der Waals surface area contributed by atoms with Gasteiger partial charge in [-0.15, -0.1) is 11.8 Å². The van der Waals surface area contributed by atoms with Gasteiger partial charge in [-0.3, -0.25) is 0 Å². The lowest BCUT2D eigenvalue weighted by atomic mass is 10.2. The third-order valence-electron chi connectivity index (χ3n) is 3.10. The molecule has 1 unspecified atom stereocenters. The Hall–Kier alpha value is -1.79. The molecule has 0 radical (unpaired) electrons. The molecular weight excluding hydrogens is 272 g/mol. The van der Waals surface area contributed by atoms with Crippen molar-refractivity contribution < 1.29 is 4.74 Å². The largest absolute Gasteiger partial charge is 0.480 e. The van der Waals surface area contributed by atoms with E-state index < -0.39 is 0 Å². The Morgan fingerprint density at radius 1 is 1.40 bits per heavy atom. The summed E-state index contributed by atoms with van der Waals surface area (Å²) >= 11 is 1.76. The molecule has 6 heteroatoms. The fourth-order valence-electron chi connectivity index (χ4n) is 2.06. The van der Waals surface area contributed by atoms with Crippen LogP contribution in [0, 0.1) is 0 Å². The first-order valence-electron chi connectivity index (χ1n) is 6.53. The summed E-state index contributed by atoms with van der Waals surface area (Å²) in [4.78, 5) is 10.1. The number of hydrazine groups is 1. The summed E-state index contributed by atoms with van der Waals surface area (Å²) in [5.74, 6) is 8.46. The maximum Gasteiger partial charge on any atom is 0.172 e. The number of thioether (sulfide) groups is 1. The van der Waals surface area contributed by atoms with E-state index in [0.717, 1.165) is 28.5 Å². The molecule has 3 N–H and O–H groups in total. The highest BCUT2D eigenvalue weighted by atomic mass is 32.2. The lowest BCUT2D eigenvalue weighted by Crippen LogP contribution is -2.20. The smallest absolute Gasteiger partial charge is 0.172 e. The number of nitrogen functional groups attached to an aromatic ring is 1. The zero-order chi connectivity index (χ0) is 13.9. The average Bonchev–Trinajstić information content (AvgIpc) is 2.53. The fraction of sp³-hybridized carbons (Fsp3) is 0.286. The number of ether oxygens (including phenoxy) is 1. The Bertz CT molecular complexity index is 598. The Morgan fingerprint density at radius 2 is 2.25 bits per heavy atom. The topological polar surface area (TPSA) is 73.1 Å². The average molecular weight is 288 g/mol. The second-order valence-electron chi connectivity index (χ2n) is 4.46. The minimum atomic E-state index is -0.145. The van der Waals surface area contributed by atoms with E-state index in [4.69, 9.17) is 10.6 Å². The number of hydrogen-bond donors (Lipinski definition) is 2. The number of para-hydroxylation sites is 1. The highest BCUT2D eigenvalue weighted by Crippen LogP contribution is 2.39. The van der Waals surface area contributed by atoms with Gasteiger partial charge >= 0.3 is 0 Å². The zero-order valence-electron chi connectivity index (χ0n) is 11.2. The van der Waals surface area contributed by atoms with Crippen LogP contribution >= 0.6 is 11.8 Å². The predicted molar refractivity (Wildman–Crippen MR) is 79.8 cm³/mol. The molecule has 0 aliphatic carbocycles. The first-order chi connectivity index (χ1) is 9.80. The van der Waals surface area contributed by atoms with Crippen LogP contribution in [0.4, 0.5) is 5.82 Å². The van der Waals surface area contributed by atoms with Crippen molar-refractivity contribution in [3.05, 3.63) is 41.9 Å². The van der Waals surface area contributed by atoms with Crippen LogP contribution in [0.15, 0.2) is 35.2 Å².